The first-order valence-electron chi connectivity index (χ1n) is 13.0. The third kappa shape index (κ3) is 6.11. The van der Waals surface area contributed by atoms with Crippen LogP contribution in [-0.4, -0.2) is 5.28 Å². The fraction of sp³-hybridized carbons (Fsp3) is 0.250. The Morgan fingerprint density at radius 2 is 1.00 bits per heavy atom. The van der Waals surface area contributed by atoms with Crippen LogP contribution in [0.5, 0.6) is 0 Å². The molecular formula is C32H34NO3P. The largest absolute Gasteiger partial charge is 0.351 e. The summed E-state index contributed by atoms with van der Waals surface area (Å²) in [7, 11) is -3.63. The van der Waals surface area contributed by atoms with Crippen molar-refractivity contribution < 1.29 is 13.6 Å². The molecule has 0 bridgehead atoms. The van der Waals surface area contributed by atoms with Gasteiger partial charge in [-0.05, 0) is 35.1 Å². The summed E-state index contributed by atoms with van der Waals surface area (Å²) in [5, 5.41) is 3.06. The molecule has 1 fully saturated rings. The Bertz CT molecular complexity index is 1190. The van der Waals surface area contributed by atoms with Crippen molar-refractivity contribution in [2.24, 2.45) is 0 Å². The molecule has 1 N–H and O–H groups in total. The lowest BCUT2D eigenvalue weighted by atomic mass is 9.97. The molecule has 0 unspecified atom stereocenters. The Morgan fingerprint density at radius 1 is 0.622 bits per heavy atom. The molecule has 1 saturated carbocycles. The average Bonchev–Trinajstić information content (AvgIpc) is 3.46. The van der Waals surface area contributed by atoms with Gasteiger partial charge in [-0.2, -0.15) is 0 Å². The van der Waals surface area contributed by atoms with E-state index in [2.05, 4.69) is 29.6 Å². The van der Waals surface area contributed by atoms with Gasteiger partial charge in [-0.15, -0.1) is 0 Å². The van der Waals surface area contributed by atoms with Gasteiger partial charge in [-0.25, -0.2) is 0 Å². The number of nitrogens with one attached hydrogen (secondary N) is 1. The van der Waals surface area contributed by atoms with Gasteiger partial charge in [-0.1, -0.05) is 134 Å². The van der Waals surface area contributed by atoms with E-state index in [0.29, 0.717) is 0 Å². The fourth-order valence-corrected chi connectivity index (χ4v) is 7.49. The normalized spacial score (nSPS) is 15.2. The zero-order valence-corrected chi connectivity index (χ0v) is 21.9. The van der Waals surface area contributed by atoms with E-state index in [1.54, 1.807) is 0 Å². The van der Waals surface area contributed by atoms with Gasteiger partial charge in [0.25, 0.3) is 0 Å². The van der Waals surface area contributed by atoms with Crippen molar-refractivity contribution in [3.8, 4) is 0 Å². The van der Waals surface area contributed by atoms with E-state index >= 15 is 0 Å². The quantitative estimate of drug-likeness (QED) is 0.206. The molecule has 4 nitrogen and oxygen atoms in total. The van der Waals surface area contributed by atoms with Crippen LogP contribution in [0.1, 0.15) is 54.0 Å². The van der Waals surface area contributed by atoms with Gasteiger partial charge < -0.3 is 9.05 Å². The summed E-state index contributed by atoms with van der Waals surface area (Å²) in [5.74, 6) is 0. The van der Waals surface area contributed by atoms with E-state index in [4.69, 9.17) is 9.05 Å². The highest BCUT2D eigenvalue weighted by atomic mass is 31.2. The van der Waals surface area contributed by atoms with Crippen LogP contribution in [0.4, 0.5) is 0 Å². The maximum absolute atomic E-state index is 15.0. The Hall–Kier alpha value is -3.01. The fourth-order valence-electron chi connectivity index (χ4n) is 5.13. The molecule has 0 saturated heterocycles. The number of rotatable bonds is 11. The highest BCUT2D eigenvalue weighted by molar-refractivity contribution is 7.55. The summed E-state index contributed by atoms with van der Waals surface area (Å²) in [6.45, 7) is 0.468. The maximum atomic E-state index is 15.0. The van der Waals surface area contributed by atoms with Gasteiger partial charge >= 0.3 is 7.60 Å². The van der Waals surface area contributed by atoms with E-state index in [1.807, 2.05) is 97.1 Å². The molecule has 37 heavy (non-hydrogen) atoms. The van der Waals surface area contributed by atoms with E-state index in [-0.39, 0.29) is 19.3 Å². The lowest BCUT2D eigenvalue weighted by Crippen LogP contribution is -2.45. The SMILES string of the molecule is O=P(OCc1ccccc1)(OCc1ccccc1)C1(NC(c2ccccc2)c2ccccc2)CCCC1. The van der Waals surface area contributed by atoms with Crippen LogP contribution in [0.2, 0.25) is 0 Å². The second kappa shape index (κ2) is 12.0. The topological polar surface area (TPSA) is 47.6 Å². The van der Waals surface area contributed by atoms with Gasteiger partial charge in [-0.3, -0.25) is 9.88 Å². The third-order valence-corrected chi connectivity index (χ3v) is 9.68. The van der Waals surface area contributed by atoms with Crippen molar-refractivity contribution in [1.82, 2.24) is 5.32 Å². The second-order valence-electron chi connectivity index (χ2n) is 9.65. The summed E-state index contributed by atoms with van der Waals surface area (Å²) in [4.78, 5) is 0. The smallest absolute Gasteiger partial charge is 0.302 e. The second-order valence-corrected chi connectivity index (χ2v) is 12.0. The summed E-state index contributed by atoms with van der Waals surface area (Å²) < 4.78 is 27.7. The number of hydrogen-bond acceptors (Lipinski definition) is 4. The molecule has 5 rings (SSSR count). The molecular weight excluding hydrogens is 477 g/mol. The van der Waals surface area contributed by atoms with Gasteiger partial charge in [0, 0.05) is 0 Å². The Balaban J connectivity index is 1.51. The molecule has 4 aromatic carbocycles. The van der Waals surface area contributed by atoms with Crippen molar-refractivity contribution >= 4 is 7.60 Å². The van der Waals surface area contributed by atoms with Crippen LogP contribution in [0.25, 0.3) is 0 Å². The van der Waals surface area contributed by atoms with Gasteiger partial charge in [0.1, 0.15) is 5.28 Å². The van der Waals surface area contributed by atoms with E-state index in [9.17, 15) is 4.57 Å². The van der Waals surface area contributed by atoms with Crippen LogP contribution < -0.4 is 5.32 Å². The first kappa shape index (κ1) is 25.6. The monoisotopic (exact) mass is 511 g/mol. The van der Waals surface area contributed by atoms with E-state index < -0.39 is 12.9 Å². The number of hydrogen-bond donors (Lipinski definition) is 1. The summed E-state index contributed by atoms with van der Waals surface area (Å²) in [5.41, 5.74) is 4.19. The lowest BCUT2D eigenvalue weighted by molar-refractivity contribution is 0.158. The molecule has 0 amide bonds. The molecule has 0 radical (unpaired) electrons. The number of benzene rings is 4. The minimum atomic E-state index is -3.63. The van der Waals surface area contributed by atoms with Crippen molar-refractivity contribution in [2.75, 3.05) is 0 Å². The molecule has 0 heterocycles. The average molecular weight is 512 g/mol. The standard InChI is InChI=1S/C32H34NO3P/c34-37(35-25-27-15-5-1-6-16-27,36-26-28-17-7-2-8-18-28)32(23-13-14-24-32)33-31(29-19-9-3-10-20-29)30-21-11-4-12-22-30/h1-12,15-22,31,33H,13-14,23-26H2. The molecule has 1 aliphatic carbocycles. The molecule has 5 heteroatoms. The van der Waals surface area contributed by atoms with Gasteiger partial charge in [0.05, 0.1) is 19.3 Å². The van der Waals surface area contributed by atoms with Crippen LogP contribution in [0, 0.1) is 0 Å². The van der Waals surface area contributed by atoms with E-state index in [0.717, 1.165) is 47.9 Å². The minimum Gasteiger partial charge on any atom is -0.302 e. The Morgan fingerprint density at radius 3 is 1.41 bits per heavy atom. The lowest BCUT2D eigenvalue weighted by Gasteiger charge is -2.40. The molecule has 0 aliphatic heterocycles. The highest BCUT2D eigenvalue weighted by Crippen LogP contribution is 2.66. The minimum absolute atomic E-state index is 0.144. The van der Waals surface area contributed by atoms with E-state index in [1.165, 1.54) is 0 Å². The van der Waals surface area contributed by atoms with Crippen LogP contribution in [-0.2, 0) is 26.8 Å². The van der Waals surface area contributed by atoms with Crippen LogP contribution >= 0.6 is 7.60 Å². The van der Waals surface area contributed by atoms with Crippen LogP contribution in [0.15, 0.2) is 121 Å². The molecule has 0 aromatic heterocycles. The van der Waals surface area contributed by atoms with Gasteiger partial charge in [0.15, 0.2) is 0 Å². The summed E-state index contributed by atoms with van der Waals surface area (Å²) in [6, 6.07) is 40.4. The molecule has 0 spiro atoms. The maximum Gasteiger partial charge on any atom is 0.351 e. The Labute approximate surface area is 220 Å². The predicted octanol–water partition coefficient (Wildman–Crippen LogP) is 8.26. The zero-order chi connectivity index (χ0) is 25.4. The molecule has 190 valence electrons. The van der Waals surface area contributed by atoms with Crippen molar-refractivity contribution in [3.05, 3.63) is 144 Å². The zero-order valence-electron chi connectivity index (χ0n) is 21.0. The summed E-state index contributed by atoms with van der Waals surface area (Å²) >= 11 is 0. The van der Waals surface area contributed by atoms with Crippen molar-refractivity contribution in [1.29, 1.82) is 0 Å². The van der Waals surface area contributed by atoms with Crippen molar-refractivity contribution in [3.63, 3.8) is 0 Å². The molecule has 1 aliphatic rings. The third-order valence-electron chi connectivity index (χ3n) is 7.12. The first-order valence-corrected chi connectivity index (χ1v) is 14.6. The van der Waals surface area contributed by atoms with Gasteiger partial charge in [0.2, 0.25) is 0 Å². The van der Waals surface area contributed by atoms with Crippen LogP contribution in [0.3, 0.4) is 0 Å². The molecule has 0 atom stereocenters. The molecule has 4 aromatic rings. The first-order chi connectivity index (χ1) is 18.2. The highest BCUT2D eigenvalue weighted by Gasteiger charge is 2.54. The van der Waals surface area contributed by atoms with Crippen molar-refractivity contribution in [2.45, 2.75) is 50.2 Å². The Kier molecular flexibility index (Phi) is 8.33. The summed E-state index contributed by atoms with van der Waals surface area (Å²) in [6.07, 6.45) is 3.39. The predicted molar refractivity (Wildman–Crippen MR) is 149 cm³/mol.